The van der Waals surface area contributed by atoms with Gasteiger partial charge in [-0.05, 0) is 35.9 Å². The number of benzene rings is 2. The SMILES string of the molecule is CN=C(NCCCSc1ccccc1)NCC1CC(=O)Nc2ccccc21.I. The van der Waals surface area contributed by atoms with Crippen molar-refractivity contribution < 1.29 is 4.79 Å². The Bertz CT molecular complexity index is 785. The summed E-state index contributed by atoms with van der Waals surface area (Å²) in [5, 5.41) is 9.66. The molecule has 3 rings (SSSR count). The highest BCUT2D eigenvalue weighted by Gasteiger charge is 2.24. The summed E-state index contributed by atoms with van der Waals surface area (Å²) in [7, 11) is 1.77. The van der Waals surface area contributed by atoms with Gasteiger partial charge < -0.3 is 16.0 Å². The van der Waals surface area contributed by atoms with Gasteiger partial charge in [0.25, 0.3) is 0 Å². The summed E-state index contributed by atoms with van der Waals surface area (Å²) in [4.78, 5) is 17.5. The average molecular weight is 510 g/mol. The molecule has 0 aliphatic carbocycles. The third-order valence-corrected chi connectivity index (χ3v) is 5.57. The Morgan fingerprint density at radius 3 is 2.68 bits per heavy atom. The summed E-state index contributed by atoms with van der Waals surface area (Å²) in [6.07, 6.45) is 1.55. The Kier molecular flexibility index (Phi) is 9.63. The van der Waals surface area contributed by atoms with Crippen LogP contribution in [-0.4, -0.2) is 37.8 Å². The zero-order valence-electron chi connectivity index (χ0n) is 16.0. The molecule has 0 fully saturated rings. The summed E-state index contributed by atoms with van der Waals surface area (Å²) >= 11 is 1.86. The molecule has 2 aromatic rings. The fourth-order valence-electron chi connectivity index (χ4n) is 3.11. The molecule has 0 aromatic heterocycles. The minimum absolute atomic E-state index is 0. The molecular formula is C21H27IN4OS. The number of anilines is 1. The number of amides is 1. The van der Waals surface area contributed by atoms with Gasteiger partial charge in [-0.2, -0.15) is 0 Å². The number of para-hydroxylation sites is 1. The molecule has 0 saturated heterocycles. The molecule has 1 aliphatic rings. The first kappa shape index (κ1) is 22.5. The fraction of sp³-hybridized carbons (Fsp3) is 0.333. The van der Waals surface area contributed by atoms with E-state index >= 15 is 0 Å². The molecule has 150 valence electrons. The van der Waals surface area contributed by atoms with Gasteiger partial charge in [-0.3, -0.25) is 9.79 Å². The van der Waals surface area contributed by atoms with Crippen molar-refractivity contribution in [3.05, 3.63) is 60.2 Å². The maximum Gasteiger partial charge on any atom is 0.225 e. The number of hydrogen-bond acceptors (Lipinski definition) is 3. The van der Waals surface area contributed by atoms with Gasteiger partial charge in [-0.1, -0.05) is 36.4 Å². The second-order valence-corrected chi connectivity index (χ2v) is 7.60. The lowest BCUT2D eigenvalue weighted by Crippen LogP contribution is -2.41. The monoisotopic (exact) mass is 510 g/mol. The zero-order valence-corrected chi connectivity index (χ0v) is 19.1. The van der Waals surface area contributed by atoms with Crippen LogP contribution in [-0.2, 0) is 4.79 Å². The van der Waals surface area contributed by atoms with E-state index in [2.05, 4.69) is 51.3 Å². The van der Waals surface area contributed by atoms with E-state index in [0.717, 1.165) is 30.4 Å². The van der Waals surface area contributed by atoms with Crippen molar-refractivity contribution in [1.29, 1.82) is 0 Å². The van der Waals surface area contributed by atoms with Crippen LogP contribution in [0.2, 0.25) is 0 Å². The van der Waals surface area contributed by atoms with Crippen LogP contribution < -0.4 is 16.0 Å². The van der Waals surface area contributed by atoms with E-state index in [1.807, 2.05) is 36.0 Å². The number of guanidine groups is 1. The molecule has 3 N–H and O–H groups in total. The molecular weight excluding hydrogens is 483 g/mol. The Labute approximate surface area is 188 Å². The van der Waals surface area contributed by atoms with Crippen LogP contribution in [0.5, 0.6) is 0 Å². The highest BCUT2D eigenvalue weighted by Crippen LogP contribution is 2.31. The fourth-order valence-corrected chi connectivity index (χ4v) is 3.98. The van der Waals surface area contributed by atoms with Crippen molar-refractivity contribution in [3.8, 4) is 0 Å². The molecule has 0 saturated carbocycles. The van der Waals surface area contributed by atoms with Crippen molar-refractivity contribution in [2.75, 3.05) is 31.2 Å². The van der Waals surface area contributed by atoms with E-state index in [9.17, 15) is 4.79 Å². The standard InChI is InChI=1S/C21H26N4OS.HI/c1-22-21(23-12-7-13-27-17-8-3-2-4-9-17)24-15-16-14-20(26)25-19-11-6-5-10-18(16)19;/h2-6,8-11,16H,7,12-15H2,1H3,(H,25,26)(H2,22,23,24);1H. The number of thioether (sulfide) groups is 1. The number of carbonyl (C=O) groups is 1. The van der Waals surface area contributed by atoms with Crippen LogP contribution in [0, 0.1) is 0 Å². The Balaban J connectivity index is 0.00000280. The van der Waals surface area contributed by atoms with Crippen LogP contribution in [0.1, 0.15) is 24.3 Å². The van der Waals surface area contributed by atoms with Gasteiger partial charge in [-0.25, -0.2) is 0 Å². The van der Waals surface area contributed by atoms with Crippen molar-refractivity contribution in [2.45, 2.75) is 23.7 Å². The molecule has 1 atom stereocenters. The van der Waals surface area contributed by atoms with Gasteiger partial charge in [0.05, 0.1) is 0 Å². The summed E-state index contributed by atoms with van der Waals surface area (Å²) in [6.45, 7) is 1.55. The smallest absolute Gasteiger partial charge is 0.225 e. The van der Waals surface area contributed by atoms with E-state index in [1.54, 1.807) is 7.05 Å². The molecule has 7 heteroatoms. The maximum atomic E-state index is 11.9. The topological polar surface area (TPSA) is 65.5 Å². The molecule has 0 spiro atoms. The van der Waals surface area contributed by atoms with Crippen molar-refractivity contribution >= 4 is 53.3 Å². The highest BCUT2D eigenvalue weighted by molar-refractivity contribution is 14.0. The first-order valence-electron chi connectivity index (χ1n) is 9.27. The van der Waals surface area contributed by atoms with Gasteiger partial charge in [0.15, 0.2) is 5.96 Å². The highest BCUT2D eigenvalue weighted by atomic mass is 127. The summed E-state index contributed by atoms with van der Waals surface area (Å²) in [5.74, 6) is 2.07. The zero-order chi connectivity index (χ0) is 18.9. The lowest BCUT2D eigenvalue weighted by molar-refractivity contribution is -0.116. The number of fused-ring (bicyclic) bond motifs is 1. The lowest BCUT2D eigenvalue weighted by atomic mass is 9.90. The van der Waals surface area contributed by atoms with Crippen LogP contribution in [0.3, 0.4) is 0 Å². The predicted octanol–water partition coefficient (Wildman–Crippen LogP) is 4.08. The van der Waals surface area contributed by atoms with E-state index < -0.39 is 0 Å². The second-order valence-electron chi connectivity index (χ2n) is 6.43. The van der Waals surface area contributed by atoms with Crippen molar-refractivity contribution in [3.63, 3.8) is 0 Å². The Morgan fingerprint density at radius 2 is 1.89 bits per heavy atom. The number of halogens is 1. The van der Waals surface area contributed by atoms with Gasteiger partial charge in [0.2, 0.25) is 5.91 Å². The molecule has 2 aromatic carbocycles. The van der Waals surface area contributed by atoms with E-state index in [-0.39, 0.29) is 35.8 Å². The molecule has 1 heterocycles. The number of rotatable bonds is 7. The number of nitrogens with zero attached hydrogens (tertiary/aromatic N) is 1. The van der Waals surface area contributed by atoms with Gasteiger partial charge in [0, 0.05) is 43.1 Å². The lowest BCUT2D eigenvalue weighted by Gasteiger charge is -2.26. The third-order valence-electron chi connectivity index (χ3n) is 4.47. The Hall–Kier alpha value is -1.74. The Morgan fingerprint density at radius 1 is 1.14 bits per heavy atom. The molecule has 0 radical (unpaired) electrons. The largest absolute Gasteiger partial charge is 0.356 e. The number of hydrogen-bond donors (Lipinski definition) is 3. The van der Waals surface area contributed by atoms with Crippen LogP contribution in [0.4, 0.5) is 5.69 Å². The average Bonchev–Trinajstić information content (AvgIpc) is 2.70. The van der Waals surface area contributed by atoms with E-state index in [0.29, 0.717) is 13.0 Å². The van der Waals surface area contributed by atoms with Crippen LogP contribution in [0.25, 0.3) is 0 Å². The van der Waals surface area contributed by atoms with Gasteiger partial charge in [-0.15, -0.1) is 35.7 Å². The number of carbonyl (C=O) groups excluding carboxylic acids is 1. The minimum Gasteiger partial charge on any atom is -0.356 e. The second kappa shape index (κ2) is 12.0. The van der Waals surface area contributed by atoms with Crippen molar-refractivity contribution in [1.82, 2.24) is 10.6 Å². The maximum absolute atomic E-state index is 11.9. The summed E-state index contributed by atoms with van der Waals surface area (Å²) < 4.78 is 0. The van der Waals surface area contributed by atoms with Crippen molar-refractivity contribution in [2.24, 2.45) is 4.99 Å². The first-order valence-corrected chi connectivity index (χ1v) is 10.3. The van der Waals surface area contributed by atoms with Gasteiger partial charge in [0.1, 0.15) is 0 Å². The molecule has 1 unspecified atom stereocenters. The van der Waals surface area contributed by atoms with E-state index in [4.69, 9.17) is 0 Å². The summed E-state index contributed by atoms with van der Waals surface area (Å²) in [6, 6.07) is 18.4. The number of nitrogens with one attached hydrogen (secondary N) is 3. The number of aliphatic imine (C=N–C) groups is 1. The molecule has 0 bridgehead atoms. The minimum atomic E-state index is 0. The third kappa shape index (κ3) is 6.70. The molecule has 1 amide bonds. The molecule has 1 aliphatic heterocycles. The molecule has 28 heavy (non-hydrogen) atoms. The van der Waals surface area contributed by atoms with Gasteiger partial charge >= 0.3 is 0 Å². The quantitative estimate of drug-likeness (QED) is 0.173. The van der Waals surface area contributed by atoms with Crippen LogP contribution in [0.15, 0.2) is 64.5 Å². The van der Waals surface area contributed by atoms with Crippen LogP contribution >= 0.6 is 35.7 Å². The summed E-state index contributed by atoms with van der Waals surface area (Å²) in [5.41, 5.74) is 2.10. The normalized spacial score (nSPS) is 15.8. The van der Waals surface area contributed by atoms with E-state index in [1.165, 1.54) is 10.5 Å². The predicted molar refractivity (Wildman–Crippen MR) is 129 cm³/mol. The first-order chi connectivity index (χ1) is 13.3. The molecule has 5 nitrogen and oxygen atoms in total.